The van der Waals surface area contributed by atoms with Crippen LogP contribution in [0.25, 0.3) is 17.0 Å². The summed E-state index contributed by atoms with van der Waals surface area (Å²) in [6.07, 6.45) is 5.39. The molecule has 0 spiro atoms. The number of hydrogen-bond acceptors (Lipinski definition) is 6. The third-order valence-electron chi connectivity index (χ3n) is 6.04. The van der Waals surface area contributed by atoms with Gasteiger partial charge in [0.1, 0.15) is 5.69 Å². The lowest BCUT2D eigenvalue weighted by Gasteiger charge is -2.28. The number of nitrogens with one attached hydrogen (secondary N) is 1. The van der Waals surface area contributed by atoms with E-state index in [1.807, 2.05) is 55.6 Å². The second-order valence-electron chi connectivity index (χ2n) is 8.25. The maximum atomic E-state index is 14.1. The topological polar surface area (TPSA) is 98.2 Å². The molecule has 3 N–H and O–H groups in total. The summed E-state index contributed by atoms with van der Waals surface area (Å²) in [6, 6.07) is 9.56. The van der Waals surface area contributed by atoms with Crippen molar-refractivity contribution in [3.05, 3.63) is 88.0 Å². The number of aromatic nitrogens is 3. The molecule has 0 bridgehead atoms. The van der Waals surface area contributed by atoms with Gasteiger partial charge in [0.25, 0.3) is 5.91 Å². The highest BCUT2D eigenvalue weighted by atomic mass is 32.1. The number of thiazole rings is 1. The lowest BCUT2D eigenvalue weighted by atomic mass is 10.1. The second-order valence-corrected chi connectivity index (χ2v) is 9.14. The first kappa shape index (κ1) is 24.4. The molecule has 0 atom stereocenters. The van der Waals surface area contributed by atoms with E-state index in [4.69, 9.17) is 5.73 Å². The highest BCUT2D eigenvalue weighted by Gasteiger charge is 2.31. The number of piperazine rings is 1. The number of carbonyl (C=O) groups excluding carboxylic acids is 1. The van der Waals surface area contributed by atoms with E-state index in [0.717, 1.165) is 11.1 Å². The molecule has 182 valence electrons. The summed E-state index contributed by atoms with van der Waals surface area (Å²) in [6.45, 7) is 10.4. The molecule has 1 saturated heterocycles. The van der Waals surface area contributed by atoms with Gasteiger partial charge in [-0.15, -0.1) is 11.3 Å². The number of imidazole rings is 1. The van der Waals surface area contributed by atoms with Gasteiger partial charge >= 0.3 is 5.69 Å². The van der Waals surface area contributed by atoms with Gasteiger partial charge in [0.15, 0.2) is 5.13 Å². The van der Waals surface area contributed by atoms with Gasteiger partial charge < -0.3 is 16.0 Å². The van der Waals surface area contributed by atoms with E-state index >= 15 is 0 Å². The van der Waals surface area contributed by atoms with E-state index in [1.165, 1.54) is 15.9 Å². The van der Waals surface area contributed by atoms with Gasteiger partial charge in [0, 0.05) is 37.1 Å². The fraction of sp³-hybridized carbons (Fsp3) is 0.269. The van der Waals surface area contributed by atoms with Crippen LogP contribution in [0.5, 0.6) is 0 Å². The zero-order valence-corrected chi connectivity index (χ0v) is 20.8. The number of hydrogen-bond donors (Lipinski definition) is 2. The molecule has 4 rings (SSSR count). The molecule has 1 aliphatic rings. The van der Waals surface area contributed by atoms with Crippen molar-refractivity contribution in [2.75, 3.05) is 31.9 Å². The van der Waals surface area contributed by atoms with Crippen LogP contribution >= 0.6 is 11.3 Å². The maximum absolute atomic E-state index is 14.1. The number of anilines is 1. The molecule has 3 heterocycles. The predicted molar refractivity (Wildman–Crippen MR) is 142 cm³/mol. The predicted octanol–water partition coefficient (Wildman–Crippen LogP) is 3.44. The van der Waals surface area contributed by atoms with Crippen molar-refractivity contribution >= 4 is 28.1 Å². The van der Waals surface area contributed by atoms with Crippen molar-refractivity contribution in [3.8, 4) is 11.3 Å². The van der Waals surface area contributed by atoms with Gasteiger partial charge in [-0.2, -0.15) is 0 Å². The van der Waals surface area contributed by atoms with Gasteiger partial charge in [0.05, 0.1) is 23.6 Å². The average Bonchev–Trinajstić information content (AvgIpc) is 3.43. The fourth-order valence-corrected chi connectivity index (χ4v) is 4.77. The summed E-state index contributed by atoms with van der Waals surface area (Å²) in [7, 11) is 0. The molecule has 35 heavy (non-hydrogen) atoms. The Morgan fingerprint density at radius 2 is 1.97 bits per heavy atom. The molecule has 1 aromatic carbocycles. The average molecular weight is 491 g/mol. The summed E-state index contributed by atoms with van der Waals surface area (Å²) in [4.78, 5) is 34.3. The van der Waals surface area contributed by atoms with Crippen LogP contribution in [0.4, 0.5) is 5.13 Å². The second kappa shape index (κ2) is 10.7. The Bertz CT molecular complexity index is 1340. The SMILES string of the molecule is C=C/C=C(\C(C)=C/C)n1c(-c2ccccc2)c(C(=O)N2CCNCC2)n(Cc2csc(N)n2)c1=O. The lowest BCUT2D eigenvalue weighted by Crippen LogP contribution is -2.47. The Morgan fingerprint density at radius 3 is 2.57 bits per heavy atom. The van der Waals surface area contributed by atoms with Crippen LogP contribution in [0.15, 0.2) is 70.9 Å². The number of nitrogen functional groups attached to an aromatic ring is 1. The third kappa shape index (κ3) is 4.91. The molecule has 3 aromatic rings. The van der Waals surface area contributed by atoms with Crippen LogP contribution in [-0.2, 0) is 6.54 Å². The van der Waals surface area contributed by atoms with E-state index in [1.54, 1.807) is 21.6 Å². The Labute approximate surface area is 208 Å². The molecular formula is C26H30N6O2S. The monoisotopic (exact) mass is 490 g/mol. The highest BCUT2D eigenvalue weighted by Crippen LogP contribution is 2.30. The van der Waals surface area contributed by atoms with E-state index < -0.39 is 0 Å². The minimum atomic E-state index is -0.316. The van der Waals surface area contributed by atoms with E-state index in [0.29, 0.717) is 54.1 Å². The molecule has 2 aromatic heterocycles. The van der Waals surface area contributed by atoms with Crippen LogP contribution in [0.3, 0.4) is 0 Å². The summed E-state index contributed by atoms with van der Waals surface area (Å²) in [5.41, 5.74) is 9.41. The van der Waals surface area contributed by atoms with E-state index in [-0.39, 0.29) is 18.1 Å². The van der Waals surface area contributed by atoms with Crippen molar-refractivity contribution in [2.24, 2.45) is 0 Å². The van der Waals surface area contributed by atoms with E-state index in [9.17, 15) is 9.59 Å². The van der Waals surface area contributed by atoms with Crippen LogP contribution in [0.2, 0.25) is 0 Å². The Balaban J connectivity index is 2.05. The number of rotatable bonds is 7. The molecule has 1 amide bonds. The summed E-state index contributed by atoms with van der Waals surface area (Å²) in [5.74, 6) is -0.180. The third-order valence-corrected chi connectivity index (χ3v) is 6.76. The molecule has 0 saturated carbocycles. The number of nitrogens with two attached hydrogens (primary N) is 1. The normalized spacial score (nSPS) is 14.9. The Morgan fingerprint density at radius 1 is 1.26 bits per heavy atom. The Kier molecular flexibility index (Phi) is 7.48. The standard InChI is InChI=1S/C26H30N6O2S/c1-4-9-21(18(3)5-2)32-22(19-10-7-6-8-11-19)23(24(33)30-14-12-28-13-15-30)31(26(32)34)16-20-17-35-25(27)29-20/h4-11,17,28H,1,12-16H2,2-3H3,(H2,27,29)/b18-5-,21-9+. The molecule has 0 aliphatic carbocycles. The number of carbonyl (C=O) groups is 1. The highest BCUT2D eigenvalue weighted by molar-refractivity contribution is 7.13. The maximum Gasteiger partial charge on any atom is 0.334 e. The molecule has 0 radical (unpaired) electrons. The molecule has 9 heteroatoms. The first-order chi connectivity index (χ1) is 17.0. The van der Waals surface area contributed by atoms with E-state index in [2.05, 4.69) is 16.9 Å². The summed E-state index contributed by atoms with van der Waals surface area (Å²) >= 11 is 1.31. The first-order valence-corrected chi connectivity index (χ1v) is 12.4. The number of nitrogens with zero attached hydrogens (tertiary/aromatic N) is 4. The zero-order chi connectivity index (χ0) is 24.9. The van der Waals surface area contributed by atoms with Crippen LogP contribution in [0.1, 0.15) is 30.0 Å². The quantitative estimate of drug-likeness (QED) is 0.495. The van der Waals surface area contributed by atoms with Gasteiger partial charge in [0.2, 0.25) is 0 Å². The van der Waals surface area contributed by atoms with Crippen molar-refractivity contribution in [1.29, 1.82) is 0 Å². The van der Waals surface area contributed by atoms with Gasteiger partial charge in [-0.25, -0.2) is 9.78 Å². The molecule has 0 unspecified atom stereocenters. The molecule has 1 aliphatic heterocycles. The van der Waals surface area contributed by atoms with Gasteiger partial charge in [-0.3, -0.25) is 13.9 Å². The molecule has 8 nitrogen and oxygen atoms in total. The van der Waals surface area contributed by atoms with Crippen molar-refractivity contribution < 1.29 is 4.79 Å². The van der Waals surface area contributed by atoms with Gasteiger partial charge in [-0.1, -0.05) is 49.1 Å². The lowest BCUT2D eigenvalue weighted by molar-refractivity contribution is 0.0725. The molecular weight excluding hydrogens is 460 g/mol. The van der Waals surface area contributed by atoms with Crippen LogP contribution < -0.4 is 16.7 Å². The summed E-state index contributed by atoms with van der Waals surface area (Å²) in [5, 5.41) is 5.52. The van der Waals surface area contributed by atoms with Crippen molar-refractivity contribution in [1.82, 2.24) is 24.3 Å². The van der Waals surface area contributed by atoms with Crippen molar-refractivity contribution in [2.45, 2.75) is 20.4 Å². The summed E-state index contributed by atoms with van der Waals surface area (Å²) < 4.78 is 3.15. The first-order valence-electron chi connectivity index (χ1n) is 11.5. The van der Waals surface area contributed by atoms with Crippen LogP contribution in [0, 0.1) is 0 Å². The minimum absolute atomic E-state index is 0.142. The smallest absolute Gasteiger partial charge is 0.334 e. The Hall–Kier alpha value is -3.69. The molecule has 1 fully saturated rings. The van der Waals surface area contributed by atoms with Gasteiger partial charge in [-0.05, 0) is 25.5 Å². The zero-order valence-electron chi connectivity index (χ0n) is 20.0. The van der Waals surface area contributed by atoms with Crippen molar-refractivity contribution in [3.63, 3.8) is 0 Å². The number of amides is 1. The minimum Gasteiger partial charge on any atom is -0.375 e. The van der Waals surface area contributed by atoms with Crippen LogP contribution in [-0.4, -0.2) is 51.1 Å². The number of allylic oxidation sites excluding steroid dienone is 5. The fourth-order valence-electron chi connectivity index (χ4n) is 4.21. The number of benzene rings is 1. The largest absolute Gasteiger partial charge is 0.375 e.